The molecule has 0 radical (unpaired) electrons. The molecule has 1 fully saturated rings. The zero-order valence-electron chi connectivity index (χ0n) is 11.0. The topological polar surface area (TPSA) is 49.7 Å². The molecule has 5 heteroatoms. The quantitative estimate of drug-likeness (QED) is 0.796. The van der Waals surface area contributed by atoms with Crippen molar-refractivity contribution in [3.63, 3.8) is 0 Å². The van der Waals surface area contributed by atoms with Gasteiger partial charge in [0.2, 0.25) is 0 Å². The highest BCUT2D eigenvalue weighted by Crippen LogP contribution is 2.23. The summed E-state index contributed by atoms with van der Waals surface area (Å²) in [6.45, 7) is 1.12. The van der Waals surface area contributed by atoms with E-state index in [0.29, 0.717) is 12.5 Å². The fourth-order valence-corrected chi connectivity index (χ4v) is 2.58. The van der Waals surface area contributed by atoms with Gasteiger partial charge in [-0.05, 0) is 30.4 Å². The van der Waals surface area contributed by atoms with E-state index >= 15 is 0 Å². The normalized spacial score (nSPS) is 16.6. The molecule has 2 rings (SSSR count). The molecule has 0 amide bonds. The van der Waals surface area contributed by atoms with Crippen LogP contribution in [0.5, 0.6) is 0 Å². The maximum absolute atomic E-state index is 13.3. The predicted molar refractivity (Wildman–Crippen MR) is 72.5 cm³/mol. The molecule has 1 aromatic rings. The van der Waals surface area contributed by atoms with Gasteiger partial charge in [0, 0.05) is 12.1 Å². The number of hydrogen-bond donors (Lipinski definition) is 2. The van der Waals surface area contributed by atoms with E-state index in [9.17, 15) is 4.39 Å². The van der Waals surface area contributed by atoms with Crippen molar-refractivity contribution in [1.82, 2.24) is 0 Å². The van der Waals surface area contributed by atoms with Crippen molar-refractivity contribution in [1.29, 1.82) is 0 Å². The maximum atomic E-state index is 13.3. The van der Waals surface area contributed by atoms with Gasteiger partial charge >= 0.3 is 7.12 Å². The van der Waals surface area contributed by atoms with Gasteiger partial charge in [-0.1, -0.05) is 31.4 Å². The molecule has 3 nitrogen and oxygen atoms in total. The van der Waals surface area contributed by atoms with Crippen LogP contribution in [0.3, 0.4) is 0 Å². The minimum absolute atomic E-state index is 0.0984. The van der Waals surface area contributed by atoms with Crippen LogP contribution in [0.2, 0.25) is 0 Å². The zero-order valence-corrected chi connectivity index (χ0v) is 11.0. The molecule has 1 aliphatic carbocycles. The SMILES string of the molecule is OB(O)c1cc(COCC2CCCCC2)ccc1F. The molecule has 104 valence electrons. The Morgan fingerprint density at radius 3 is 2.63 bits per heavy atom. The van der Waals surface area contributed by atoms with Crippen molar-refractivity contribution in [3.8, 4) is 0 Å². The van der Waals surface area contributed by atoms with E-state index in [-0.39, 0.29) is 5.46 Å². The Labute approximate surface area is 113 Å². The van der Waals surface area contributed by atoms with Crippen LogP contribution in [0, 0.1) is 11.7 Å². The first-order valence-electron chi connectivity index (χ1n) is 6.89. The lowest BCUT2D eigenvalue weighted by molar-refractivity contribution is 0.0739. The van der Waals surface area contributed by atoms with E-state index in [4.69, 9.17) is 14.8 Å². The standard InChI is InChI=1S/C14H20BFO3/c16-14-7-6-12(8-13(14)15(17)18)10-19-9-11-4-2-1-3-5-11/h6-8,11,17-18H,1-5,9-10H2. The third-order valence-electron chi connectivity index (χ3n) is 3.69. The molecule has 2 N–H and O–H groups in total. The molecule has 1 saturated carbocycles. The maximum Gasteiger partial charge on any atom is 0.491 e. The van der Waals surface area contributed by atoms with Crippen molar-refractivity contribution in [3.05, 3.63) is 29.6 Å². The van der Waals surface area contributed by atoms with Gasteiger partial charge in [0.25, 0.3) is 0 Å². The van der Waals surface area contributed by atoms with Crippen LogP contribution in [0.25, 0.3) is 0 Å². The molecule has 0 atom stereocenters. The van der Waals surface area contributed by atoms with Gasteiger partial charge in [-0.3, -0.25) is 0 Å². The Kier molecular flexibility index (Phi) is 5.37. The van der Waals surface area contributed by atoms with Crippen LogP contribution < -0.4 is 5.46 Å². The van der Waals surface area contributed by atoms with Crippen LogP contribution in [0.1, 0.15) is 37.7 Å². The number of hydrogen-bond acceptors (Lipinski definition) is 3. The molecule has 0 aromatic heterocycles. The van der Waals surface area contributed by atoms with Gasteiger partial charge in [-0.25, -0.2) is 4.39 Å². The van der Waals surface area contributed by atoms with E-state index in [1.54, 1.807) is 6.07 Å². The van der Waals surface area contributed by atoms with Gasteiger partial charge < -0.3 is 14.8 Å². The summed E-state index contributed by atoms with van der Waals surface area (Å²) in [6, 6.07) is 4.30. The van der Waals surface area contributed by atoms with Crippen molar-refractivity contribution in [2.45, 2.75) is 38.7 Å². The molecular formula is C14H20BFO3. The van der Waals surface area contributed by atoms with E-state index in [2.05, 4.69) is 0 Å². The molecule has 1 aliphatic rings. The highest BCUT2D eigenvalue weighted by molar-refractivity contribution is 6.58. The molecule has 0 aliphatic heterocycles. The summed E-state index contributed by atoms with van der Waals surface area (Å²) in [5, 5.41) is 18.1. The highest BCUT2D eigenvalue weighted by atomic mass is 19.1. The van der Waals surface area contributed by atoms with Crippen LogP contribution in [0.15, 0.2) is 18.2 Å². The van der Waals surface area contributed by atoms with Crippen LogP contribution in [-0.4, -0.2) is 23.8 Å². The summed E-state index contributed by atoms with van der Waals surface area (Å²) in [5.41, 5.74) is 0.666. The number of rotatable bonds is 5. The van der Waals surface area contributed by atoms with Gasteiger partial charge in [0.15, 0.2) is 0 Å². The summed E-state index contributed by atoms with van der Waals surface area (Å²) < 4.78 is 18.9. The minimum Gasteiger partial charge on any atom is -0.423 e. The Morgan fingerprint density at radius 1 is 1.21 bits per heavy atom. The molecule has 0 spiro atoms. The third kappa shape index (κ3) is 4.30. The Balaban J connectivity index is 1.83. The smallest absolute Gasteiger partial charge is 0.423 e. The van der Waals surface area contributed by atoms with Crippen molar-refractivity contribution < 1.29 is 19.2 Å². The Hall–Kier alpha value is -0.905. The zero-order chi connectivity index (χ0) is 13.7. The number of ether oxygens (including phenoxy) is 1. The van der Waals surface area contributed by atoms with Gasteiger partial charge in [0.1, 0.15) is 5.82 Å². The lowest BCUT2D eigenvalue weighted by Gasteiger charge is -2.21. The first-order valence-corrected chi connectivity index (χ1v) is 6.89. The van der Waals surface area contributed by atoms with Crippen molar-refractivity contribution in [2.75, 3.05) is 6.61 Å². The first kappa shape index (κ1) is 14.5. The van der Waals surface area contributed by atoms with Crippen molar-refractivity contribution >= 4 is 12.6 Å². The van der Waals surface area contributed by atoms with Crippen LogP contribution >= 0.6 is 0 Å². The van der Waals surface area contributed by atoms with Gasteiger partial charge in [-0.15, -0.1) is 0 Å². The fraction of sp³-hybridized carbons (Fsp3) is 0.571. The summed E-state index contributed by atoms with van der Waals surface area (Å²) >= 11 is 0. The highest BCUT2D eigenvalue weighted by Gasteiger charge is 2.17. The first-order chi connectivity index (χ1) is 9.16. The minimum atomic E-state index is -1.78. The second-order valence-corrected chi connectivity index (χ2v) is 5.25. The molecule has 1 aromatic carbocycles. The average Bonchev–Trinajstić information content (AvgIpc) is 2.41. The lowest BCUT2D eigenvalue weighted by atomic mass is 9.79. The number of halogens is 1. The lowest BCUT2D eigenvalue weighted by Crippen LogP contribution is -2.33. The van der Waals surface area contributed by atoms with Crippen LogP contribution in [0.4, 0.5) is 4.39 Å². The fourth-order valence-electron chi connectivity index (χ4n) is 2.58. The van der Waals surface area contributed by atoms with Crippen LogP contribution in [-0.2, 0) is 11.3 Å². The van der Waals surface area contributed by atoms with E-state index in [1.165, 1.54) is 44.2 Å². The van der Waals surface area contributed by atoms with Crippen molar-refractivity contribution in [2.24, 2.45) is 5.92 Å². The monoisotopic (exact) mass is 266 g/mol. The molecular weight excluding hydrogens is 246 g/mol. The molecule has 0 unspecified atom stereocenters. The predicted octanol–water partition coefficient (Wildman–Crippen LogP) is 1.60. The Bertz CT molecular complexity index is 406. The summed E-state index contributed by atoms with van der Waals surface area (Å²) in [5.74, 6) is 0.0307. The summed E-state index contributed by atoms with van der Waals surface area (Å²) in [4.78, 5) is 0. The summed E-state index contributed by atoms with van der Waals surface area (Å²) in [6.07, 6.45) is 6.34. The molecule has 19 heavy (non-hydrogen) atoms. The third-order valence-corrected chi connectivity index (χ3v) is 3.69. The molecule has 0 heterocycles. The van der Waals surface area contributed by atoms with Gasteiger partial charge in [0.05, 0.1) is 6.61 Å². The molecule has 0 bridgehead atoms. The largest absolute Gasteiger partial charge is 0.491 e. The second-order valence-electron chi connectivity index (χ2n) is 5.25. The van der Waals surface area contributed by atoms with Gasteiger partial charge in [-0.2, -0.15) is 0 Å². The second kappa shape index (κ2) is 7.03. The van der Waals surface area contributed by atoms with E-state index in [1.807, 2.05) is 0 Å². The Morgan fingerprint density at radius 2 is 1.95 bits per heavy atom. The summed E-state index contributed by atoms with van der Waals surface area (Å²) in [7, 11) is -1.78. The average molecular weight is 266 g/mol. The molecule has 0 saturated heterocycles. The van der Waals surface area contributed by atoms with E-state index in [0.717, 1.165) is 12.2 Å². The van der Waals surface area contributed by atoms with E-state index < -0.39 is 12.9 Å². The number of benzene rings is 1.